The molecule has 0 bridgehead atoms. The second-order valence-corrected chi connectivity index (χ2v) is 7.07. The van der Waals surface area contributed by atoms with Gasteiger partial charge < -0.3 is 14.4 Å². The SMILES string of the molecule is CC(C)CCCOC1CCN(C(=O)OC(C)(C)C)CC1. The number of piperidine rings is 1. The van der Waals surface area contributed by atoms with Crippen LogP contribution in [0.5, 0.6) is 0 Å². The van der Waals surface area contributed by atoms with Crippen LogP contribution in [0.3, 0.4) is 0 Å². The molecule has 0 unspecified atom stereocenters. The minimum Gasteiger partial charge on any atom is -0.444 e. The quantitative estimate of drug-likeness (QED) is 0.720. The second-order valence-electron chi connectivity index (χ2n) is 7.07. The summed E-state index contributed by atoms with van der Waals surface area (Å²) in [5.74, 6) is 0.743. The highest BCUT2D eigenvalue weighted by molar-refractivity contribution is 5.68. The van der Waals surface area contributed by atoms with Gasteiger partial charge in [0.05, 0.1) is 6.10 Å². The molecule has 1 amide bonds. The first kappa shape index (κ1) is 17.3. The van der Waals surface area contributed by atoms with Gasteiger partial charge in [-0.15, -0.1) is 0 Å². The first-order chi connectivity index (χ1) is 9.28. The summed E-state index contributed by atoms with van der Waals surface area (Å²) in [5, 5.41) is 0. The summed E-state index contributed by atoms with van der Waals surface area (Å²) < 4.78 is 11.3. The summed E-state index contributed by atoms with van der Waals surface area (Å²) in [6.45, 7) is 12.5. The van der Waals surface area contributed by atoms with E-state index in [4.69, 9.17) is 9.47 Å². The number of likely N-dealkylation sites (tertiary alicyclic amines) is 1. The van der Waals surface area contributed by atoms with Crippen molar-refractivity contribution >= 4 is 6.09 Å². The molecular weight excluding hydrogens is 254 g/mol. The van der Waals surface area contributed by atoms with Crippen LogP contribution in [0.15, 0.2) is 0 Å². The van der Waals surface area contributed by atoms with Crippen LogP contribution in [0.1, 0.15) is 60.3 Å². The highest BCUT2D eigenvalue weighted by Gasteiger charge is 2.26. The van der Waals surface area contributed by atoms with Gasteiger partial charge in [-0.3, -0.25) is 0 Å². The van der Waals surface area contributed by atoms with Crippen LogP contribution in [0.2, 0.25) is 0 Å². The van der Waals surface area contributed by atoms with Crippen molar-refractivity contribution in [2.24, 2.45) is 5.92 Å². The molecule has 1 saturated heterocycles. The molecule has 0 aromatic carbocycles. The molecule has 0 aromatic heterocycles. The van der Waals surface area contributed by atoms with E-state index < -0.39 is 5.60 Å². The van der Waals surface area contributed by atoms with Crippen LogP contribution in [0.4, 0.5) is 4.79 Å². The fourth-order valence-corrected chi connectivity index (χ4v) is 2.27. The van der Waals surface area contributed by atoms with E-state index in [1.165, 1.54) is 6.42 Å². The highest BCUT2D eigenvalue weighted by atomic mass is 16.6. The molecule has 0 saturated carbocycles. The first-order valence-electron chi connectivity index (χ1n) is 7.87. The van der Waals surface area contributed by atoms with E-state index in [9.17, 15) is 4.79 Å². The van der Waals surface area contributed by atoms with Gasteiger partial charge in [-0.05, 0) is 52.4 Å². The molecule has 20 heavy (non-hydrogen) atoms. The third-order valence-corrected chi connectivity index (χ3v) is 3.37. The van der Waals surface area contributed by atoms with Crippen molar-refractivity contribution in [3.05, 3.63) is 0 Å². The van der Waals surface area contributed by atoms with Gasteiger partial charge in [-0.2, -0.15) is 0 Å². The predicted octanol–water partition coefficient (Wildman–Crippen LogP) is 3.84. The zero-order valence-corrected chi connectivity index (χ0v) is 13.8. The number of amides is 1. The summed E-state index contributed by atoms with van der Waals surface area (Å²) in [6, 6.07) is 0. The Morgan fingerprint density at radius 2 is 1.85 bits per heavy atom. The molecular formula is C16H31NO3. The van der Waals surface area contributed by atoms with Crippen molar-refractivity contribution < 1.29 is 14.3 Å². The minimum absolute atomic E-state index is 0.198. The van der Waals surface area contributed by atoms with Gasteiger partial charge in [0.2, 0.25) is 0 Å². The topological polar surface area (TPSA) is 38.8 Å². The lowest BCUT2D eigenvalue weighted by molar-refractivity contribution is -0.0124. The molecule has 1 fully saturated rings. The molecule has 1 aliphatic rings. The first-order valence-corrected chi connectivity index (χ1v) is 7.87. The Morgan fingerprint density at radius 3 is 2.35 bits per heavy atom. The van der Waals surface area contributed by atoms with Crippen LogP contribution in [0.25, 0.3) is 0 Å². The maximum Gasteiger partial charge on any atom is 0.410 e. The molecule has 118 valence electrons. The van der Waals surface area contributed by atoms with Crippen LogP contribution in [0, 0.1) is 5.92 Å². The van der Waals surface area contributed by atoms with Crippen molar-refractivity contribution in [2.75, 3.05) is 19.7 Å². The third-order valence-electron chi connectivity index (χ3n) is 3.37. The van der Waals surface area contributed by atoms with Crippen LogP contribution < -0.4 is 0 Å². The van der Waals surface area contributed by atoms with E-state index in [0.29, 0.717) is 6.10 Å². The van der Waals surface area contributed by atoms with E-state index in [-0.39, 0.29) is 6.09 Å². The third kappa shape index (κ3) is 7.13. The molecule has 1 heterocycles. The maximum atomic E-state index is 11.9. The maximum absolute atomic E-state index is 11.9. The lowest BCUT2D eigenvalue weighted by Crippen LogP contribution is -2.43. The number of hydrogen-bond donors (Lipinski definition) is 0. The van der Waals surface area contributed by atoms with Gasteiger partial charge >= 0.3 is 6.09 Å². The smallest absolute Gasteiger partial charge is 0.410 e. The van der Waals surface area contributed by atoms with Crippen molar-refractivity contribution in [1.29, 1.82) is 0 Å². The predicted molar refractivity (Wildman–Crippen MR) is 80.9 cm³/mol. The zero-order valence-electron chi connectivity index (χ0n) is 13.8. The molecule has 4 heteroatoms. The van der Waals surface area contributed by atoms with Crippen LogP contribution >= 0.6 is 0 Å². The molecule has 0 aromatic rings. The lowest BCUT2D eigenvalue weighted by atomic mass is 10.1. The van der Waals surface area contributed by atoms with Gasteiger partial charge in [-0.25, -0.2) is 4.79 Å². The van der Waals surface area contributed by atoms with Gasteiger partial charge in [-0.1, -0.05) is 13.8 Å². The fourth-order valence-electron chi connectivity index (χ4n) is 2.27. The Kier molecular flexibility index (Phi) is 6.80. The number of carbonyl (C=O) groups excluding carboxylic acids is 1. The number of carbonyl (C=O) groups is 1. The number of hydrogen-bond acceptors (Lipinski definition) is 3. The van der Waals surface area contributed by atoms with E-state index >= 15 is 0 Å². The molecule has 0 N–H and O–H groups in total. The average Bonchev–Trinajstić information content (AvgIpc) is 2.33. The molecule has 1 rings (SSSR count). The fraction of sp³-hybridized carbons (Fsp3) is 0.938. The Balaban J connectivity index is 2.18. The van der Waals surface area contributed by atoms with E-state index in [1.807, 2.05) is 20.8 Å². The van der Waals surface area contributed by atoms with Crippen LogP contribution in [-0.2, 0) is 9.47 Å². The average molecular weight is 285 g/mol. The Hall–Kier alpha value is -0.770. The van der Waals surface area contributed by atoms with Crippen molar-refractivity contribution in [1.82, 2.24) is 4.90 Å². The second kappa shape index (κ2) is 7.87. The van der Waals surface area contributed by atoms with Gasteiger partial charge in [0.1, 0.15) is 5.60 Å². The van der Waals surface area contributed by atoms with E-state index in [1.54, 1.807) is 4.90 Å². The normalized spacial score (nSPS) is 17.6. The number of ether oxygens (including phenoxy) is 2. The number of rotatable bonds is 5. The molecule has 4 nitrogen and oxygen atoms in total. The largest absolute Gasteiger partial charge is 0.444 e. The van der Waals surface area contributed by atoms with E-state index in [0.717, 1.165) is 44.9 Å². The summed E-state index contributed by atoms with van der Waals surface area (Å²) in [5.41, 5.74) is -0.415. The number of nitrogens with zero attached hydrogens (tertiary/aromatic N) is 1. The van der Waals surface area contributed by atoms with Gasteiger partial charge in [0, 0.05) is 19.7 Å². The van der Waals surface area contributed by atoms with Crippen molar-refractivity contribution in [2.45, 2.75) is 72.0 Å². The molecule has 0 radical (unpaired) electrons. The lowest BCUT2D eigenvalue weighted by Gasteiger charge is -2.33. The van der Waals surface area contributed by atoms with Gasteiger partial charge in [0.15, 0.2) is 0 Å². The van der Waals surface area contributed by atoms with Crippen molar-refractivity contribution in [3.8, 4) is 0 Å². The zero-order chi connectivity index (χ0) is 15.2. The summed E-state index contributed by atoms with van der Waals surface area (Å²) in [6.07, 6.45) is 4.29. The monoisotopic (exact) mass is 285 g/mol. The van der Waals surface area contributed by atoms with Gasteiger partial charge in [0.25, 0.3) is 0 Å². The summed E-state index contributed by atoms with van der Waals surface area (Å²) in [7, 11) is 0. The van der Waals surface area contributed by atoms with Crippen LogP contribution in [-0.4, -0.2) is 42.4 Å². The summed E-state index contributed by atoms with van der Waals surface area (Å²) in [4.78, 5) is 13.7. The molecule has 0 aliphatic carbocycles. The Bertz CT molecular complexity index is 289. The van der Waals surface area contributed by atoms with Crippen molar-refractivity contribution in [3.63, 3.8) is 0 Å². The minimum atomic E-state index is -0.415. The molecule has 1 aliphatic heterocycles. The molecule has 0 spiro atoms. The molecule has 0 atom stereocenters. The van der Waals surface area contributed by atoms with E-state index in [2.05, 4.69) is 13.8 Å². The standard InChI is InChI=1S/C16H31NO3/c1-13(2)7-6-12-19-14-8-10-17(11-9-14)15(18)20-16(3,4)5/h13-14H,6-12H2,1-5H3. The highest BCUT2D eigenvalue weighted by Crippen LogP contribution is 2.17. The Labute approximate surface area is 123 Å². The summed E-state index contributed by atoms with van der Waals surface area (Å²) >= 11 is 0. The Morgan fingerprint density at radius 1 is 1.25 bits per heavy atom.